The van der Waals surface area contributed by atoms with E-state index in [9.17, 15) is 14.4 Å². The summed E-state index contributed by atoms with van der Waals surface area (Å²) in [5.41, 5.74) is 3.67. The average molecular weight is 524 g/mol. The molecule has 4 rings (SSSR count). The van der Waals surface area contributed by atoms with Gasteiger partial charge in [-0.25, -0.2) is 0 Å². The molecule has 3 atom stereocenters. The molecular weight excluding hydrogens is 474 g/mol. The van der Waals surface area contributed by atoms with E-state index in [1.165, 1.54) is 63.6 Å². The van der Waals surface area contributed by atoms with Crippen LogP contribution in [0.5, 0.6) is 0 Å². The van der Waals surface area contributed by atoms with Crippen molar-refractivity contribution in [2.45, 2.75) is 123 Å². The molecule has 6 nitrogen and oxygen atoms in total. The summed E-state index contributed by atoms with van der Waals surface area (Å²) in [5.74, 6) is 0.725. The van der Waals surface area contributed by atoms with E-state index in [-0.39, 0.29) is 24.1 Å². The number of aryl methyl sites for hydroxylation is 1. The second-order valence-electron chi connectivity index (χ2n) is 12.6. The number of carbonyl (C=O) groups is 3. The molecule has 3 amide bonds. The Morgan fingerprint density at radius 3 is 2.45 bits per heavy atom. The van der Waals surface area contributed by atoms with E-state index in [1.54, 1.807) is 4.90 Å². The molecule has 0 bridgehead atoms. The number of nitrogens with zero attached hydrogens (tertiary/aromatic N) is 2. The first-order chi connectivity index (χ1) is 18.2. The summed E-state index contributed by atoms with van der Waals surface area (Å²) in [6.45, 7) is 13.5. The van der Waals surface area contributed by atoms with E-state index in [1.807, 2.05) is 19.9 Å². The minimum absolute atomic E-state index is 0.0510. The molecular formula is C32H49N3O3. The van der Waals surface area contributed by atoms with E-state index in [4.69, 9.17) is 0 Å². The molecule has 3 aliphatic rings. The van der Waals surface area contributed by atoms with Crippen molar-refractivity contribution in [2.75, 3.05) is 18.0 Å². The normalized spacial score (nSPS) is 22.9. The van der Waals surface area contributed by atoms with Crippen molar-refractivity contribution >= 4 is 23.4 Å². The van der Waals surface area contributed by atoms with Gasteiger partial charge in [-0.15, -0.1) is 0 Å². The smallest absolute Gasteiger partial charge is 0.249 e. The first-order valence-corrected chi connectivity index (χ1v) is 15.2. The summed E-state index contributed by atoms with van der Waals surface area (Å²) < 4.78 is 0. The lowest BCUT2D eigenvalue weighted by Gasteiger charge is -2.61. The van der Waals surface area contributed by atoms with Crippen LogP contribution in [-0.2, 0) is 14.4 Å². The summed E-state index contributed by atoms with van der Waals surface area (Å²) in [7, 11) is 0. The predicted molar refractivity (Wildman–Crippen MR) is 153 cm³/mol. The molecule has 1 aromatic carbocycles. The van der Waals surface area contributed by atoms with Crippen LogP contribution in [-0.4, -0.2) is 47.8 Å². The van der Waals surface area contributed by atoms with Crippen LogP contribution < -0.4 is 10.2 Å². The van der Waals surface area contributed by atoms with Crippen molar-refractivity contribution in [3.63, 3.8) is 0 Å². The Balaban J connectivity index is 1.39. The molecule has 0 radical (unpaired) electrons. The molecule has 1 spiro atoms. The van der Waals surface area contributed by atoms with Gasteiger partial charge in [0, 0.05) is 37.7 Å². The average Bonchev–Trinajstić information content (AvgIpc) is 2.83. The highest BCUT2D eigenvalue weighted by Crippen LogP contribution is 2.57. The number of piperidine rings is 1. The molecule has 1 aliphatic carbocycles. The van der Waals surface area contributed by atoms with Crippen molar-refractivity contribution in [3.8, 4) is 0 Å². The van der Waals surface area contributed by atoms with E-state index in [0.717, 1.165) is 29.6 Å². The molecule has 210 valence electrons. The van der Waals surface area contributed by atoms with Gasteiger partial charge in [-0.1, -0.05) is 52.7 Å². The highest BCUT2D eigenvalue weighted by Gasteiger charge is 2.53. The van der Waals surface area contributed by atoms with Crippen LogP contribution >= 0.6 is 0 Å². The summed E-state index contributed by atoms with van der Waals surface area (Å²) >= 11 is 0. The van der Waals surface area contributed by atoms with Crippen LogP contribution in [0.1, 0.15) is 115 Å². The maximum Gasteiger partial charge on any atom is 0.249 e. The third-order valence-corrected chi connectivity index (χ3v) is 9.47. The standard InChI is InChI=1S/C32H49N3O3/c1-6-9-26(13-11-22(4)8-3)34-20-32(21-34)18-25(19-32)24-12-14-27(23(5)17-24)35(30(37)10-7-2)28-15-16-29(36)33-31(28)38/h12,14,17,22,25-26,28H,6-11,13,15-16,18-21H2,1-5H3,(H,33,36,38). The number of hydrogen-bond donors (Lipinski definition) is 1. The van der Waals surface area contributed by atoms with Gasteiger partial charge in [0.2, 0.25) is 17.7 Å². The number of rotatable bonds is 12. The highest BCUT2D eigenvalue weighted by molar-refractivity contribution is 6.07. The van der Waals surface area contributed by atoms with Gasteiger partial charge in [-0.3, -0.25) is 29.5 Å². The Bertz CT molecular complexity index is 1010. The topological polar surface area (TPSA) is 69.7 Å². The first-order valence-electron chi connectivity index (χ1n) is 15.2. The number of imide groups is 1. The molecule has 38 heavy (non-hydrogen) atoms. The Morgan fingerprint density at radius 2 is 1.84 bits per heavy atom. The van der Waals surface area contributed by atoms with Gasteiger partial charge >= 0.3 is 0 Å². The molecule has 1 saturated carbocycles. The first kappa shape index (κ1) is 28.8. The quantitative estimate of drug-likeness (QED) is 0.336. The molecule has 1 N–H and O–H groups in total. The number of likely N-dealkylation sites (tertiary alicyclic amines) is 1. The monoisotopic (exact) mass is 523 g/mol. The van der Waals surface area contributed by atoms with E-state index in [2.05, 4.69) is 43.1 Å². The van der Waals surface area contributed by atoms with Gasteiger partial charge in [0.05, 0.1) is 0 Å². The molecule has 2 heterocycles. The van der Waals surface area contributed by atoms with Crippen LogP contribution in [0.2, 0.25) is 0 Å². The number of hydrogen-bond acceptors (Lipinski definition) is 4. The molecule has 1 aromatic rings. The van der Waals surface area contributed by atoms with Crippen molar-refractivity contribution < 1.29 is 14.4 Å². The molecule has 6 heteroatoms. The third kappa shape index (κ3) is 6.16. The highest BCUT2D eigenvalue weighted by atomic mass is 16.2. The Hall–Kier alpha value is -2.21. The zero-order valence-electron chi connectivity index (χ0n) is 24.4. The van der Waals surface area contributed by atoms with Crippen LogP contribution in [0.4, 0.5) is 5.69 Å². The Kier molecular flexibility index (Phi) is 9.33. The van der Waals surface area contributed by atoms with Gasteiger partial charge < -0.3 is 0 Å². The Morgan fingerprint density at radius 1 is 1.11 bits per heavy atom. The maximum atomic E-state index is 13.1. The van der Waals surface area contributed by atoms with E-state index in [0.29, 0.717) is 24.2 Å². The van der Waals surface area contributed by atoms with Gasteiger partial charge in [-0.2, -0.15) is 0 Å². The summed E-state index contributed by atoms with van der Waals surface area (Å²) in [5, 5.41) is 2.43. The van der Waals surface area contributed by atoms with Crippen LogP contribution in [0.15, 0.2) is 18.2 Å². The lowest BCUT2D eigenvalue weighted by Crippen LogP contribution is -2.64. The zero-order chi connectivity index (χ0) is 27.4. The van der Waals surface area contributed by atoms with E-state index < -0.39 is 6.04 Å². The second kappa shape index (κ2) is 12.3. The largest absolute Gasteiger partial charge is 0.300 e. The van der Waals surface area contributed by atoms with Crippen molar-refractivity contribution in [1.82, 2.24) is 10.2 Å². The fourth-order valence-electron chi connectivity index (χ4n) is 7.02. The Labute approximate surface area is 229 Å². The maximum absolute atomic E-state index is 13.1. The number of anilines is 1. The zero-order valence-corrected chi connectivity index (χ0v) is 24.4. The van der Waals surface area contributed by atoms with Gasteiger partial charge in [0.25, 0.3) is 0 Å². The summed E-state index contributed by atoms with van der Waals surface area (Å²) in [6.07, 6.45) is 10.8. The van der Waals surface area contributed by atoms with Gasteiger partial charge in [0.15, 0.2) is 0 Å². The van der Waals surface area contributed by atoms with Crippen molar-refractivity contribution in [3.05, 3.63) is 29.3 Å². The fraction of sp³-hybridized carbons (Fsp3) is 0.719. The number of amides is 3. The minimum Gasteiger partial charge on any atom is -0.300 e. The van der Waals surface area contributed by atoms with Crippen molar-refractivity contribution in [1.29, 1.82) is 0 Å². The predicted octanol–water partition coefficient (Wildman–Crippen LogP) is 6.11. The fourth-order valence-corrected chi connectivity index (χ4v) is 7.02. The van der Waals surface area contributed by atoms with Crippen LogP contribution in [0.3, 0.4) is 0 Å². The van der Waals surface area contributed by atoms with E-state index >= 15 is 0 Å². The number of nitrogens with one attached hydrogen (secondary N) is 1. The van der Waals surface area contributed by atoms with Crippen molar-refractivity contribution in [2.24, 2.45) is 11.3 Å². The molecule has 3 fully saturated rings. The minimum atomic E-state index is -0.624. The molecule has 0 aromatic heterocycles. The SMILES string of the molecule is CCCC(=O)N(c1ccc(C2CC3(C2)CN(C(CCC)CCC(C)CC)C3)cc1C)C1CCC(=O)NC1=O. The van der Waals surface area contributed by atoms with Crippen LogP contribution in [0, 0.1) is 18.3 Å². The third-order valence-electron chi connectivity index (χ3n) is 9.47. The summed E-state index contributed by atoms with van der Waals surface area (Å²) in [4.78, 5) is 41.9. The van der Waals surface area contributed by atoms with Gasteiger partial charge in [0.1, 0.15) is 6.04 Å². The lowest BCUT2D eigenvalue weighted by molar-refractivity contribution is -0.135. The van der Waals surface area contributed by atoms with Gasteiger partial charge in [-0.05, 0) is 86.3 Å². The number of carbonyl (C=O) groups excluding carboxylic acids is 3. The molecule has 3 unspecified atom stereocenters. The second-order valence-corrected chi connectivity index (χ2v) is 12.6. The number of benzene rings is 1. The summed E-state index contributed by atoms with van der Waals surface area (Å²) in [6, 6.07) is 6.56. The lowest BCUT2D eigenvalue weighted by atomic mass is 9.55. The molecule has 2 saturated heterocycles. The molecule has 2 aliphatic heterocycles. The van der Waals surface area contributed by atoms with Crippen LogP contribution in [0.25, 0.3) is 0 Å².